The summed E-state index contributed by atoms with van der Waals surface area (Å²) in [6.45, 7) is 2.16. The highest BCUT2D eigenvalue weighted by Gasteiger charge is 2.39. The van der Waals surface area contributed by atoms with Crippen LogP contribution in [0.4, 0.5) is 0 Å². The molecule has 12 heavy (non-hydrogen) atoms. The predicted molar refractivity (Wildman–Crippen MR) is 46.2 cm³/mol. The van der Waals surface area contributed by atoms with Crippen LogP contribution in [0.25, 0.3) is 0 Å². The van der Waals surface area contributed by atoms with E-state index in [-0.39, 0.29) is 18.5 Å². The van der Waals surface area contributed by atoms with Crippen LogP contribution in [0.5, 0.6) is 0 Å². The van der Waals surface area contributed by atoms with E-state index < -0.39 is 0 Å². The second kappa shape index (κ2) is 3.95. The molecule has 0 spiro atoms. The molecule has 0 aromatic rings. The third-order valence-corrected chi connectivity index (χ3v) is 2.97. The average molecular weight is 194 g/mol. The smallest absolute Gasteiger partial charge is 0.0935 e. The minimum atomic E-state index is -0.0580. The Bertz CT molecular complexity index is 144. The molecule has 1 N–H and O–H groups in total. The highest BCUT2D eigenvalue weighted by Crippen LogP contribution is 2.31. The average Bonchev–Trinajstić information content (AvgIpc) is 2.11. The molecule has 0 aromatic carbocycles. The summed E-state index contributed by atoms with van der Waals surface area (Å²) >= 11 is 0. The van der Waals surface area contributed by atoms with Crippen LogP contribution in [0.3, 0.4) is 0 Å². The third kappa shape index (κ3) is 2.35. The van der Waals surface area contributed by atoms with E-state index in [0.29, 0.717) is 12.0 Å². The number of aliphatic hydroxyl groups excluding tert-OH is 1. The van der Waals surface area contributed by atoms with Crippen molar-refractivity contribution in [3.05, 3.63) is 0 Å². The van der Waals surface area contributed by atoms with Crippen molar-refractivity contribution in [3.63, 3.8) is 0 Å². The lowest BCUT2D eigenvalue weighted by Gasteiger charge is -2.34. The van der Waals surface area contributed by atoms with E-state index in [4.69, 9.17) is 0 Å². The van der Waals surface area contributed by atoms with E-state index in [2.05, 4.69) is 28.1 Å². The molecule has 0 unspecified atom stereocenters. The van der Waals surface area contributed by atoms with Crippen molar-refractivity contribution in [2.24, 2.45) is 5.92 Å². The molecule has 3 atom stereocenters. The summed E-state index contributed by atoms with van der Waals surface area (Å²) in [5.74, 6) is 0.468. The normalized spacial score (nSPS) is 36.2. The lowest BCUT2D eigenvalue weighted by molar-refractivity contribution is -0.898. The van der Waals surface area contributed by atoms with E-state index >= 15 is 0 Å². The predicted octanol–water partition coefficient (Wildman–Crippen LogP) is -2.14. The van der Waals surface area contributed by atoms with E-state index in [0.717, 1.165) is 10.9 Å². The molecule has 0 aliphatic heterocycles. The van der Waals surface area contributed by atoms with Crippen molar-refractivity contribution >= 4 is 0 Å². The van der Waals surface area contributed by atoms with Gasteiger partial charge in [0.15, 0.2) is 0 Å². The van der Waals surface area contributed by atoms with Crippen LogP contribution in [0.15, 0.2) is 0 Å². The van der Waals surface area contributed by atoms with Crippen LogP contribution in [0.2, 0.25) is 0 Å². The van der Waals surface area contributed by atoms with Gasteiger partial charge in [-0.2, -0.15) is 0 Å². The quantitative estimate of drug-likeness (QED) is 0.472. The highest BCUT2D eigenvalue weighted by atomic mass is 35.5. The molecule has 0 heterocycles. The van der Waals surface area contributed by atoms with Gasteiger partial charge in [-0.3, -0.25) is 0 Å². The second-order valence-corrected chi connectivity index (χ2v) is 4.69. The number of nitrogens with zero attached hydrogens (tertiary/aromatic N) is 1. The van der Waals surface area contributed by atoms with Gasteiger partial charge in [-0.15, -0.1) is 0 Å². The Hall–Kier alpha value is 0.210. The van der Waals surface area contributed by atoms with Gasteiger partial charge >= 0.3 is 0 Å². The maximum atomic E-state index is 9.52. The maximum absolute atomic E-state index is 9.52. The SMILES string of the molecule is C[C@@H]1[C@H](O)CC[C@@H]1[N+](C)(C)C.[Cl-]. The fourth-order valence-corrected chi connectivity index (χ4v) is 2.22. The largest absolute Gasteiger partial charge is 1.00 e. The van der Waals surface area contributed by atoms with Crippen LogP contribution in [0.1, 0.15) is 19.8 Å². The van der Waals surface area contributed by atoms with Crippen molar-refractivity contribution in [1.82, 2.24) is 0 Å². The number of hydrogen-bond acceptors (Lipinski definition) is 1. The van der Waals surface area contributed by atoms with Gasteiger partial charge in [0.1, 0.15) is 0 Å². The molecule has 1 rings (SSSR count). The Balaban J connectivity index is 0.00000121. The summed E-state index contributed by atoms with van der Waals surface area (Å²) in [6, 6.07) is 0.644. The topological polar surface area (TPSA) is 20.2 Å². The number of quaternary nitrogens is 1. The molecule has 0 bridgehead atoms. The molecule has 1 aliphatic rings. The summed E-state index contributed by atoms with van der Waals surface area (Å²) in [5.41, 5.74) is 0. The van der Waals surface area contributed by atoms with Crippen molar-refractivity contribution in [2.45, 2.75) is 31.9 Å². The third-order valence-electron chi connectivity index (χ3n) is 2.97. The molecule has 1 fully saturated rings. The molecule has 1 saturated carbocycles. The zero-order valence-electron chi connectivity index (χ0n) is 8.42. The standard InChI is InChI=1S/C9H20NO.ClH/c1-7-8(10(2,3)4)5-6-9(7)11;/h7-9,11H,5-6H2,1-4H3;1H/q+1;/p-1/t7-,8-,9+;/m0./s1. The van der Waals surface area contributed by atoms with E-state index in [1.54, 1.807) is 0 Å². The first-order chi connectivity index (χ1) is 4.93. The van der Waals surface area contributed by atoms with E-state index in [1.165, 1.54) is 6.42 Å². The molecule has 3 heteroatoms. The van der Waals surface area contributed by atoms with Crippen LogP contribution in [0, 0.1) is 5.92 Å². The molecule has 0 amide bonds. The number of rotatable bonds is 1. The van der Waals surface area contributed by atoms with Gasteiger partial charge in [0, 0.05) is 12.3 Å². The Labute approximate surface area is 81.6 Å². The van der Waals surface area contributed by atoms with Crippen LogP contribution in [-0.4, -0.2) is 42.9 Å². The minimum absolute atomic E-state index is 0. The molecular formula is C9H20ClNO. The van der Waals surface area contributed by atoms with E-state index in [1.807, 2.05) is 0 Å². The monoisotopic (exact) mass is 193 g/mol. The van der Waals surface area contributed by atoms with E-state index in [9.17, 15) is 5.11 Å². The van der Waals surface area contributed by atoms with Crippen LogP contribution in [-0.2, 0) is 0 Å². The van der Waals surface area contributed by atoms with Gasteiger partial charge in [-0.05, 0) is 6.42 Å². The van der Waals surface area contributed by atoms with Crippen molar-refractivity contribution in [1.29, 1.82) is 0 Å². The number of hydrogen-bond donors (Lipinski definition) is 1. The van der Waals surface area contributed by atoms with Gasteiger partial charge in [-0.25, -0.2) is 0 Å². The summed E-state index contributed by atoms with van der Waals surface area (Å²) < 4.78 is 0.984. The van der Waals surface area contributed by atoms with Crippen molar-refractivity contribution < 1.29 is 22.0 Å². The van der Waals surface area contributed by atoms with Crippen LogP contribution < -0.4 is 12.4 Å². The van der Waals surface area contributed by atoms with Crippen molar-refractivity contribution in [2.75, 3.05) is 21.1 Å². The molecule has 1 aliphatic carbocycles. The lowest BCUT2D eigenvalue weighted by atomic mass is 10.0. The highest BCUT2D eigenvalue weighted by molar-refractivity contribution is 4.82. The Morgan fingerprint density at radius 1 is 1.17 bits per heavy atom. The fraction of sp³-hybridized carbons (Fsp3) is 1.00. The van der Waals surface area contributed by atoms with Gasteiger partial charge in [-0.1, -0.05) is 6.92 Å². The number of aliphatic hydroxyl groups is 1. The first-order valence-corrected chi connectivity index (χ1v) is 4.42. The Morgan fingerprint density at radius 3 is 1.83 bits per heavy atom. The maximum Gasteiger partial charge on any atom is 0.0935 e. The molecule has 0 saturated heterocycles. The lowest BCUT2D eigenvalue weighted by Crippen LogP contribution is -3.00. The van der Waals surface area contributed by atoms with Gasteiger partial charge in [0.25, 0.3) is 0 Å². The zero-order valence-corrected chi connectivity index (χ0v) is 9.17. The Kier molecular flexibility index (Phi) is 4.01. The Morgan fingerprint density at radius 2 is 1.67 bits per heavy atom. The molecular weight excluding hydrogens is 174 g/mol. The van der Waals surface area contributed by atoms with Crippen LogP contribution >= 0.6 is 0 Å². The summed E-state index contributed by atoms with van der Waals surface area (Å²) in [4.78, 5) is 0. The molecule has 0 radical (unpaired) electrons. The summed E-state index contributed by atoms with van der Waals surface area (Å²) in [5, 5.41) is 9.52. The molecule has 0 aromatic heterocycles. The number of halogens is 1. The first kappa shape index (κ1) is 12.2. The second-order valence-electron chi connectivity index (χ2n) is 4.69. The summed E-state index contributed by atoms with van der Waals surface area (Å²) in [7, 11) is 6.62. The van der Waals surface area contributed by atoms with Gasteiger partial charge in [0.2, 0.25) is 0 Å². The molecule has 74 valence electrons. The first-order valence-electron chi connectivity index (χ1n) is 4.42. The fourth-order valence-electron chi connectivity index (χ4n) is 2.22. The van der Waals surface area contributed by atoms with Crippen molar-refractivity contribution in [3.8, 4) is 0 Å². The summed E-state index contributed by atoms with van der Waals surface area (Å²) in [6.07, 6.45) is 2.10. The molecule has 2 nitrogen and oxygen atoms in total. The zero-order chi connectivity index (χ0) is 8.65. The minimum Gasteiger partial charge on any atom is -1.00 e. The van der Waals surface area contributed by atoms with Gasteiger partial charge < -0.3 is 22.0 Å². The van der Waals surface area contributed by atoms with Gasteiger partial charge in [0.05, 0.1) is 33.3 Å².